The number of allylic oxidation sites excluding steroid dienone is 1. The summed E-state index contributed by atoms with van der Waals surface area (Å²) < 4.78 is 26.8. The number of carboxylic acids is 1. The molecule has 0 aliphatic heterocycles. The minimum atomic E-state index is -2.41. The average molecular weight is 361 g/mol. The highest BCUT2D eigenvalue weighted by molar-refractivity contribution is 7.61. The Bertz CT molecular complexity index is 779. The van der Waals surface area contributed by atoms with E-state index >= 15 is 0 Å². The van der Waals surface area contributed by atoms with Crippen LogP contribution in [0.3, 0.4) is 0 Å². The van der Waals surface area contributed by atoms with Crippen molar-refractivity contribution in [2.75, 3.05) is 0 Å². The third-order valence-electron chi connectivity index (χ3n) is 5.62. The largest absolute Gasteiger partial charge is 0.481 e. The number of aliphatic carboxylic acids is 1. The van der Waals surface area contributed by atoms with Gasteiger partial charge in [0.1, 0.15) is 0 Å². The summed E-state index contributed by atoms with van der Waals surface area (Å²) in [4.78, 5) is 10.6. The summed E-state index contributed by atoms with van der Waals surface area (Å²) in [5.74, 6) is -0.0126. The van der Waals surface area contributed by atoms with Gasteiger partial charge in [0.2, 0.25) is 0 Å². The number of nitrogens with zero attached hydrogens (tertiary/aromatic N) is 1. The molecule has 0 aromatic heterocycles. The van der Waals surface area contributed by atoms with E-state index in [1.54, 1.807) is 0 Å². The highest BCUT2D eigenvalue weighted by Gasteiger charge is 2.57. The fraction of sp³-hybridized carbons (Fsp3) is 0.526. The van der Waals surface area contributed by atoms with E-state index in [2.05, 4.69) is 22.6 Å². The van der Waals surface area contributed by atoms with E-state index in [9.17, 15) is 13.2 Å². The first-order chi connectivity index (χ1) is 12.0. The van der Waals surface area contributed by atoms with Crippen molar-refractivity contribution in [1.29, 1.82) is 0 Å². The summed E-state index contributed by atoms with van der Waals surface area (Å²) in [6.45, 7) is 0. The normalized spacial score (nSPS) is 30.6. The number of fused-ring (bicyclic) bond motifs is 2. The monoisotopic (exact) mass is 361 g/mol. The van der Waals surface area contributed by atoms with Crippen molar-refractivity contribution in [2.24, 2.45) is 16.2 Å². The number of carboxylic acid groups (broad SMARTS) is 1. The van der Waals surface area contributed by atoms with Crippen molar-refractivity contribution in [3.63, 3.8) is 0 Å². The zero-order chi connectivity index (χ0) is 17.9. The molecule has 0 heterocycles. The first kappa shape index (κ1) is 17.9. The fourth-order valence-corrected chi connectivity index (χ4v) is 5.27. The van der Waals surface area contributed by atoms with Crippen LogP contribution in [0.2, 0.25) is 0 Å². The van der Waals surface area contributed by atoms with E-state index in [1.165, 1.54) is 5.56 Å². The molecule has 1 aromatic carbocycles. The molecule has 1 N–H and O–H groups in total. The van der Waals surface area contributed by atoms with Crippen molar-refractivity contribution in [2.45, 2.75) is 50.0 Å². The second-order valence-electron chi connectivity index (χ2n) is 7.09. The predicted octanol–water partition coefficient (Wildman–Crippen LogP) is 3.81. The Morgan fingerprint density at radius 3 is 2.76 bits per heavy atom. The molecule has 1 aromatic rings. The average Bonchev–Trinajstić information content (AvgIpc) is 3.10. The molecule has 134 valence electrons. The molecule has 4 atom stereocenters. The van der Waals surface area contributed by atoms with E-state index in [0.717, 1.165) is 19.3 Å². The zero-order valence-electron chi connectivity index (χ0n) is 14.0. The highest BCUT2D eigenvalue weighted by Crippen LogP contribution is 2.61. The smallest absolute Gasteiger partial charge is 0.311 e. The first-order valence-corrected chi connectivity index (χ1v) is 9.81. The van der Waals surface area contributed by atoms with Gasteiger partial charge in [0, 0.05) is 12.3 Å². The minimum absolute atomic E-state index is 0.0522. The van der Waals surface area contributed by atoms with Gasteiger partial charge in [-0.3, -0.25) is 4.79 Å². The van der Waals surface area contributed by atoms with Crippen molar-refractivity contribution >= 4 is 16.5 Å². The van der Waals surface area contributed by atoms with E-state index in [-0.39, 0.29) is 18.3 Å². The van der Waals surface area contributed by atoms with Gasteiger partial charge in [0.15, 0.2) is 0 Å². The first-order valence-electron chi connectivity index (χ1n) is 8.77. The zero-order valence-corrected chi connectivity index (χ0v) is 14.9. The molecule has 6 heteroatoms. The lowest BCUT2D eigenvalue weighted by atomic mass is 9.72. The Morgan fingerprint density at radius 2 is 2.08 bits per heavy atom. The molecule has 2 fully saturated rings. The molecule has 4 unspecified atom stereocenters. The summed E-state index contributed by atoms with van der Waals surface area (Å²) in [5.41, 5.74) is 0.710. The van der Waals surface area contributed by atoms with Gasteiger partial charge in [0.05, 0.1) is 5.54 Å². The number of benzene rings is 1. The number of hydrogen-bond acceptors (Lipinski definition) is 4. The van der Waals surface area contributed by atoms with E-state index < -0.39 is 22.0 Å². The van der Waals surface area contributed by atoms with Crippen molar-refractivity contribution in [1.82, 2.24) is 0 Å². The summed E-state index contributed by atoms with van der Waals surface area (Å²) in [7, 11) is -2.41. The Morgan fingerprint density at radius 1 is 1.32 bits per heavy atom. The van der Waals surface area contributed by atoms with Gasteiger partial charge in [-0.2, -0.15) is 12.8 Å². The second-order valence-corrected chi connectivity index (χ2v) is 7.71. The standard InChI is InChI=1S/C19H23NO4S/c21-17(22)10-6-2-5-9-16-18(14-7-3-1-4-8-14)15-11-12-19(16,13-15)20-25(23)24/h1,3-5,7-9,15-16,18H,2,6,10-13H2,(H,21,22). The third kappa shape index (κ3) is 3.84. The lowest BCUT2D eigenvalue weighted by Gasteiger charge is -2.34. The molecule has 2 bridgehead atoms. The van der Waals surface area contributed by atoms with Crippen LogP contribution in [0.5, 0.6) is 0 Å². The van der Waals surface area contributed by atoms with Crippen LogP contribution in [0.15, 0.2) is 46.8 Å². The van der Waals surface area contributed by atoms with Crippen molar-refractivity contribution in [3.05, 3.63) is 48.0 Å². The van der Waals surface area contributed by atoms with Crippen LogP contribution >= 0.6 is 0 Å². The molecule has 5 nitrogen and oxygen atoms in total. The van der Waals surface area contributed by atoms with Crippen LogP contribution < -0.4 is 0 Å². The molecule has 0 saturated heterocycles. The lowest BCUT2D eigenvalue weighted by Crippen LogP contribution is -2.33. The van der Waals surface area contributed by atoms with Crippen molar-refractivity contribution < 1.29 is 18.3 Å². The van der Waals surface area contributed by atoms with Gasteiger partial charge in [-0.1, -0.05) is 42.5 Å². The van der Waals surface area contributed by atoms with Crippen LogP contribution in [0, 0.1) is 11.8 Å². The molecule has 0 amide bonds. The molecule has 0 spiro atoms. The topological polar surface area (TPSA) is 83.8 Å². The summed E-state index contributed by atoms with van der Waals surface area (Å²) >= 11 is 0. The highest BCUT2D eigenvalue weighted by atomic mass is 32.2. The molecule has 3 rings (SSSR count). The maximum absolute atomic E-state index is 11.3. The second kappa shape index (κ2) is 7.52. The molecule has 0 radical (unpaired) electrons. The Labute approximate surface area is 149 Å². The van der Waals surface area contributed by atoms with Crippen LogP contribution in [0.1, 0.15) is 50.0 Å². The van der Waals surface area contributed by atoms with Gasteiger partial charge < -0.3 is 5.11 Å². The van der Waals surface area contributed by atoms with Gasteiger partial charge in [-0.05, 0) is 49.5 Å². The molecular formula is C19H23NO4S. The van der Waals surface area contributed by atoms with E-state index in [0.29, 0.717) is 18.8 Å². The summed E-state index contributed by atoms with van der Waals surface area (Å²) in [6, 6.07) is 10.2. The maximum atomic E-state index is 11.3. The molecular weight excluding hydrogens is 338 g/mol. The number of rotatable bonds is 7. The quantitative estimate of drug-likeness (QED) is 0.591. The number of unbranched alkanes of at least 4 members (excludes halogenated alkanes) is 1. The number of hydrogen-bond donors (Lipinski definition) is 1. The summed E-state index contributed by atoms with van der Waals surface area (Å²) in [5, 5.41) is 8.73. The number of carbonyl (C=O) groups is 1. The minimum Gasteiger partial charge on any atom is -0.481 e. The maximum Gasteiger partial charge on any atom is 0.311 e. The SMILES string of the molecule is O=C(O)CCCC=CC1C(c2ccccc2)C2CCC1(N=S(=O)=O)C2. The molecule has 2 saturated carbocycles. The molecule has 2 aliphatic rings. The lowest BCUT2D eigenvalue weighted by molar-refractivity contribution is -0.137. The summed E-state index contributed by atoms with van der Waals surface area (Å²) in [6.07, 6.45) is 8.15. The van der Waals surface area contributed by atoms with Crippen molar-refractivity contribution in [3.8, 4) is 0 Å². The van der Waals surface area contributed by atoms with Crippen LogP contribution in [0.25, 0.3) is 0 Å². The Balaban J connectivity index is 1.86. The van der Waals surface area contributed by atoms with Crippen LogP contribution in [0.4, 0.5) is 0 Å². The van der Waals surface area contributed by atoms with Crippen LogP contribution in [-0.2, 0) is 15.3 Å². The van der Waals surface area contributed by atoms with Gasteiger partial charge in [-0.25, -0.2) is 0 Å². The third-order valence-corrected chi connectivity index (χ3v) is 6.14. The van der Waals surface area contributed by atoms with E-state index in [4.69, 9.17) is 5.11 Å². The Kier molecular flexibility index (Phi) is 5.37. The van der Waals surface area contributed by atoms with Crippen LogP contribution in [-0.4, -0.2) is 25.0 Å². The molecule has 2 aliphatic carbocycles. The van der Waals surface area contributed by atoms with E-state index in [1.807, 2.05) is 24.3 Å². The fourth-order valence-electron chi connectivity index (χ4n) is 4.69. The van der Waals surface area contributed by atoms with Gasteiger partial charge in [0.25, 0.3) is 0 Å². The predicted molar refractivity (Wildman–Crippen MR) is 94.7 cm³/mol. The van der Waals surface area contributed by atoms with Gasteiger partial charge in [-0.15, -0.1) is 0 Å². The van der Waals surface area contributed by atoms with Gasteiger partial charge >= 0.3 is 16.5 Å². The molecule has 25 heavy (non-hydrogen) atoms. The Hall–Kier alpha value is -1.95.